The predicted octanol–water partition coefficient (Wildman–Crippen LogP) is 1.53. The van der Waals surface area contributed by atoms with E-state index in [0.717, 1.165) is 45.3 Å². The fourth-order valence-electron chi connectivity index (χ4n) is 4.16. The Kier molecular flexibility index (Phi) is 5.75. The van der Waals surface area contributed by atoms with Crippen LogP contribution in [0.4, 0.5) is 0 Å². The number of unbranched alkanes of at least 4 members (excludes halogenated alkanes) is 1. The van der Waals surface area contributed by atoms with Crippen LogP contribution >= 0.6 is 0 Å². The fourth-order valence-corrected chi connectivity index (χ4v) is 5.86. The van der Waals surface area contributed by atoms with Gasteiger partial charge in [-0.1, -0.05) is 13.3 Å². The minimum Gasteiger partial charge on any atom is -0.342 e. The molecule has 6 nitrogen and oxygen atoms in total. The van der Waals surface area contributed by atoms with Gasteiger partial charge in [0.25, 0.3) is 0 Å². The van der Waals surface area contributed by atoms with E-state index < -0.39 is 10.0 Å². The maximum absolute atomic E-state index is 12.7. The highest BCUT2D eigenvalue weighted by Crippen LogP contribution is 2.35. The Morgan fingerprint density at radius 1 is 1.16 bits per heavy atom. The predicted molar refractivity (Wildman–Crippen MR) is 98.8 cm³/mol. The lowest BCUT2D eigenvalue weighted by Crippen LogP contribution is -2.62. The summed E-state index contributed by atoms with van der Waals surface area (Å²) in [5, 5.41) is 0. The number of hydrogen-bond acceptors (Lipinski definition) is 4. The van der Waals surface area contributed by atoms with E-state index in [1.165, 1.54) is 12.8 Å². The molecule has 1 saturated carbocycles. The molecule has 2 aliphatic heterocycles. The zero-order valence-corrected chi connectivity index (χ0v) is 16.6. The van der Waals surface area contributed by atoms with Crippen molar-refractivity contribution in [2.45, 2.75) is 57.4 Å². The molecule has 0 aromatic heterocycles. The van der Waals surface area contributed by atoms with Crippen molar-refractivity contribution < 1.29 is 13.2 Å². The largest absolute Gasteiger partial charge is 0.342 e. The highest BCUT2D eigenvalue weighted by molar-refractivity contribution is 7.89. The number of likely N-dealkylation sites (tertiary alicyclic amines) is 1. The van der Waals surface area contributed by atoms with Crippen molar-refractivity contribution in [2.24, 2.45) is 5.92 Å². The summed E-state index contributed by atoms with van der Waals surface area (Å²) in [6.45, 7) is 5.55. The number of carbonyl (C=O) groups excluding carboxylic acids is 1. The second-order valence-electron chi connectivity index (χ2n) is 8.18. The van der Waals surface area contributed by atoms with Crippen LogP contribution in [0, 0.1) is 5.92 Å². The number of hydrogen-bond donors (Lipinski definition) is 0. The van der Waals surface area contributed by atoms with Gasteiger partial charge in [-0.2, -0.15) is 4.31 Å². The molecule has 3 fully saturated rings. The van der Waals surface area contributed by atoms with Crippen LogP contribution in [0.1, 0.15) is 51.9 Å². The van der Waals surface area contributed by atoms with Crippen molar-refractivity contribution >= 4 is 15.9 Å². The first kappa shape index (κ1) is 19.1. The van der Waals surface area contributed by atoms with Gasteiger partial charge >= 0.3 is 0 Å². The molecule has 25 heavy (non-hydrogen) atoms. The molecular weight excluding hydrogens is 338 g/mol. The van der Waals surface area contributed by atoms with Gasteiger partial charge in [0.05, 0.1) is 5.75 Å². The summed E-state index contributed by atoms with van der Waals surface area (Å²) in [6, 6.07) is 0. The third-order valence-electron chi connectivity index (χ3n) is 6.29. The van der Waals surface area contributed by atoms with E-state index >= 15 is 0 Å². The molecule has 1 aliphatic carbocycles. The van der Waals surface area contributed by atoms with Crippen molar-refractivity contribution in [1.82, 2.24) is 14.1 Å². The van der Waals surface area contributed by atoms with E-state index in [1.807, 2.05) is 11.8 Å². The van der Waals surface area contributed by atoms with Crippen LogP contribution < -0.4 is 0 Å². The van der Waals surface area contributed by atoms with Crippen LogP contribution in [0.15, 0.2) is 0 Å². The normalized spacial score (nSPS) is 30.0. The van der Waals surface area contributed by atoms with Crippen LogP contribution in [-0.2, 0) is 14.8 Å². The number of sulfonamides is 1. The van der Waals surface area contributed by atoms with Crippen molar-refractivity contribution in [2.75, 3.05) is 45.5 Å². The van der Waals surface area contributed by atoms with Crippen LogP contribution in [0.5, 0.6) is 0 Å². The highest BCUT2D eigenvalue weighted by atomic mass is 32.2. The Balaban J connectivity index is 1.70. The van der Waals surface area contributed by atoms with E-state index in [2.05, 4.69) is 11.9 Å². The topological polar surface area (TPSA) is 60.9 Å². The molecular formula is C18H33N3O3S. The molecule has 0 aromatic carbocycles. The number of likely N-dealkylation sites (N-methyl/N-ethyl adjacent to an activating group) is 1. The average Bonchev–Trinajstić information content (AvgIpc) is 3.41. The monoisotopic (exact) mass is 371 g/mol. The highest BCUT2D eigenvalue weighted by Gasteiger charge is 2.45. The molecule has 3 aliphatic rings. The SMILES string of the molecule is CCCCS(=O)(=O)N1CCN(C)[C@]2(CCC(=O)N(CC3CC3)CC2)C1. The van der Waals surface area contributed by atoms with E-state index in [9.17, 15) is 13.2 Å². The molecule has 2 saturated heterocycles. The quantitative estimate of drug-likeness (QED) is 0.710. The minimum absolute atomic E-state index is 0.189. The van der Waals surface area contributed by atoms with Crippen molar-refractivity contribution in [1.29, 1.82) is 0 Å². The molecule has 144 valence electrons. The first-order chi connectivity index (χ1) is 11.9. The standard InChI is InChI=1S/C18H33N3O3S/c1-3-4-13-25(23,24)21-12-11-19(2)18(15-21)8-7-17(22)20(10-9-18)14-16-5-6-16/h16H,3-15H2,1-2H3/t18-/m0/s1. The maximum atomic E-state index is 12.7. The van der Waals surface area contributed by atoms with Gasteiger partial charge in [-0.15, -0.1) is 0 Å². The fraction of sp³-hybridized carbons (Fsp3) is 0.944. The van der Waals surface area contributed by atoms with E-state index in [0.29, 0.717) is 25.4 Å². The first-order valence-corrected chi connectivity index (χ1v) is 11.4. The Morgan fingerprint density at radius 3 is 2.60 bits per heavy atom. The maximum Gasteiger partial charge on any atom is 0.222 e. The van der Waals surface area contributed by atoms with Crippen LogP contribution in [-0.4, -0.2) is 79.5 Å². The summed E-state index contributed by atoms with van der Waals surface area (Å²) in [7, 11) is -1.09. The van der Waals surface area contributed by atoms with Gasteiger partial charge in [-0.3, -0.25) is 9.69 Å². The number of nitrogens with zero attached hydrogens (tertiary/aromatic N) is 3. The summed E-state index contributed by atoms with van der Waals surface area (Å²) < 4.78 is 27.0. The number of amides is 1. The first-order valence-electron chi connectivity index (χ1n) is 9.83. The Morgan fingerprint density at radius 2 is 1.92 bits per heavy atom. The number of rotatable bonds is 6. The lowest BCUT2D eigenvalue weighted by molar-refractivity contribution is -0.130. The number of carbonyl (C=O) groups is 1. The molecule has 2 heterocycles. The van der Waals surface area contributed by atoms with Crippen molar-refractivity contribution in [3.8, 4) is 0 Å². The smallest absolute Gasteiger partial charge is 0.222 e. The molecule has 1 amide bonds. The lowest BCUT2D eigenvalue weighted by Gasteiger charge is -2.48. The average molecular weight is 372 g/mol. The third-order valence-corrected chi connectivity index (χ3v) is 8.20. The van der Waals surface area contributed by atoms with Crippen molar-refractivity contribution in [3.05, 3.63) is 0 Å². The van der Waals surface area contributed by atoms with Crippen LogP contribution in [0.25, 0.3) is 0 Å². The number of piperazine rings is 1. The second-order valence-corrected chi connectivity index (χ2v) is 10.3. The zero-order valence-electron chi connectivity index (χ0n) is 15.7. The Bertz CT molecular complexity index is 590. The van der Waals surface area contributed by atoms with Gasteiger partial charge in [0.2, 0.25) is 15.9 Å². The van der Waals surface area contributed by atoms with Gasteiger partial charge in [0, 0.05) is 44.7 Å². The van der Waals surface area contributed by atoms with Crippen LogP contribution in [0.2, 0.25) is 0 Å². The lowest BCUT2D eigenvalue weighted by atomic mass is 9.87. The van der Waals surface area contributed by atoms with E-state index in [4.69, 9.17) is 0 Å². The van der Waals surface area contributed by atoms with Gasteiger partial charge in [-0.05, 0) is 45.1 Å². The molecule has 0 unspecified atom stereocenters. The van der Waals surface area contributed by atoms with Crippen LogP contribution in [0.3, 0.4) is 0 Å². The second kappa shape index (κ2) is 7.53. The molecule has 7 heteroatoms. The van der Waals surface area contributed by atoms with E-state index in [1.54, 1.807) is 4.31 Å². The molecule has 1 spiro atoms. The summed E-state index contributed by atoms with van der Waals surface area (Å²) in [4.78, 5) is 16.9. The van der Waals surface area contributed by atoms with Gasteiger partial charge in [0.1, 0.15) is 0 Å². The molecule has 0 aromatic rings. The van der Waals surface area contributed by atoms with Gasteiger partial charge in [-0.25, -0.2) is 8.42 Å². The molecule has 3 rings (SSSR count). The van der Waals surface area contributed by atoms with Gasteiger partial charge < -0.3 is 4.90 Å². The molecule has 1 atom stereocenters. The zero-order chi connectivity index (χ0) is 18.1. The Labute approximate surface area is 152 Å². The molecule has 0 N–H and O–H groups in total. The summed E-state index contributed by atoms with van der Waals surface area (Å²) in [5.74, 6) is 1.20. The van der Waals surface area contributed by atoms with Gasteiger partial charge in [0.15, 0.2) is 0 Å². The summed E-state index contributed by atoms with van der Waals surface area (Å²) in [5.41, 5.74) is -0.189. The minimum atomic E-state index is -3.18. The van der Waals surface area contributed by atoms with E-state index in [-0.39, 0.29) is 17.2 Å². The Hall–Kier alpha value is -0.660. The molecule has 0 radical (unpaired) electrons. The summed E-state index contributed by atoms with van der Waals surface area (Å²) >= 11 is 0. The summed E-state index contributed by atoms with van der Waals surface area (Å²) in [6.07, 6.45) is 6.29. The van der Waals surface area contributed by atoms with Crippen molar-refractivity contribution in [3.63, 3.8) is 0 Å². The third kappa shape index (κ3) is 4.37. The molecule has 0 bridgehead atoms.